The first-order chi connectivity index (χ1) is 18.9. The molecule has 2 aromatic carbocycles. The molecule has 3 heterocycles. The molecule has 1 fully saturated rings. The van der Waals surface area contributed by atoms with Crippen LogP contribution in [0, 0.1) is 0 Å². The predicted octanol–water partition coefficient (Wildman–Crippen LogP) is 2.37. The summed E-state index contributed by atoms with van der Waals surface area (Å²) >= 11 is 0. The number of ether oxygens (including phenoxy) is 4. The molecule has 0 radical (unpaired) electrons. The maximum Gasteiger partial charge on any atom is 0.282 e. The fraction of sp³-hybridized carbons (Fsp3) is 0.321. The molecule has 11 nitrogen and oxygen atoms in total. The largest absolute Gasteiger partial charge is 0.497 e. The molecule has 3 aromatic rings. The zero-order chi connectivity index (χ0) is 27.7. The molecule has 0 unspecified atom stereocenters. The fourth-order valence-corrected chi connectivity index (χ4v) is 4.92. The molecule has 0 aliphatic carbocycles. The van der Waals surface area contributed by atoms with Crippen LogP contribution in [0.4, 0.5) is 5.69 Å². The van der Waals surface area contributed by atoms with E-state index in [0.717, 1.165) is 4.90 Å². The maximum atomic E-state index is 14.2. The summed E-state index contributed by atoms with van der Waals surface area (Å²) in [5.41, 5.74) is 1.35. The van der Waals surface area contributed by atoms with Gasteiger partial charge in [-0.05, 0) is 42.8 Å². The number of H-pyrrole nitrogens is 1. The molecule has 5 rings (SSSR count). The molecule has 1 saturated heterocycles. The number of aromatic nitrogens is 2. The van der Waals surface area contributed by atoms with Gasteiger partial charge in [-0.1, -0.05) is 6.92 Å². The Kier molecular flexibility index (Phi) is 7.16. The van der Waals surface area contributed by atoms with Gasteiger partial charge in [-0.2, -0.15) is 0 Å². The molecule has 11 heteroatoms. The molecular weight excluding hydrogens is 504 g/mol. The normalized spacial score (nSPS) is 15.8. The molecule has 1 aromatic heterocycles. The summed E-state index contributed by atoms with van der Waals surface area (Å²) in [6.07, 6.45) is 0.431. The second-order valence-corrected chi connectivity index (χ2v) is 8.96. The highest BCUT2D eigenvalue weighted by atomic mass is 16.5. The van der Waals surface area contributed by atoms with Crippen LogP contribution in [0.5, 0.6) is 17.2 Å². The van der Waals surface area contributed by atoms with Crippen LogP contribution in [-0.2, 0) is 20.7 Å². The van der Waals surface area contributed by atoms with Crippen molar-refractivity contribution >= 4 is 23.1 Å². The number of aromatic amines is 1. The predicted molar refractivity (Wildman–Crippen MR) is 144 cm³/mol. The van der Waals surface area contributed by atoms with Gasteiger partial charge in [-0.15, -0.1) is 0 Å². The second kappa shape index (κ2) is 10.7. The Balaban J connectivity index is 1.69. The first-order valence-electron chi connectivity index (χ1n) is 12.6. The smallest absolute Gasteiger partial charge is 0.282 e. The third kappa shape index (κ3) is 4.44. The summed E-state index contributed by atoms with van der Waals surface area (Å²) in [7, 11) is 4.53. The molecular formula is C28H30N4O7. The maximum absolute atomic E-state index is 14.2. The van der Waals surface area contributed by atoms with E-state index < -0.39 is 17.4 Å². The minimum absolute atomic E-state index is 0.0603. The van der Waals surface area contributed by atoms with Crippen molar-refractivity contribution in [3.8, 4) is 22.9 Å². The number of amides is 2. The summed E-state index contributed by atoms with van der Waals surface area (Å²) in [5.74, 6) is 0.320. The van der Waals surface area contributed by atoms with Gasteiger partial charge in [0.25, 0.3) is 17.4 Å². The standard InChI is InChI=1S/C28H30N4O7/c1-5-20-23(27(34)32(29-20)17-6-8-18(36-2)9-7-17)24-25(30-12-14-39-15-13-30)28(35)31(26(24)33)21-11-10-19(37-3)16-22(21)38-4/h6-11,16,29H,5,12-15H2,1-4H3. The van der Waals surface area contributed by atoms with Gasteiger partial charge >= 0.3 is 0 Å². The van der Waals surface area contributed by atoms with Crippen LogP contribution in [0.3, 0.4) is 0 Å². The second-order valence-electron chi connectivity index (χ2n) is 8.96. The van der Waals surface area contributed by atoms with Crippen molar-refractivity contribution in [2.24, 2.45) is 0 Å². The zero-order valence-electron chi connectivity index (χ0n) is 22.3. The van der Waals surface area contributed by atoms with Crippen molar-refractivity contribution in [3.63, 3.8) is 0 Å². The summed E-state index contributed by atoms with van der Waals surface area (Å²) < 4.78 is 22.9. The van der Waals surface area contributed by atoms with Gasteiger partial charge in [0.1, 0.15) is 22.9 Å². The highest BCUT2D eigenvalue weighted by molar-refractivity contribution is 6.45. The van der Waals surface area contributed by atoms with Gasteiger partial charge in [0, 0.05) is 24.8 Å². The monoisotopic (exact) mass is 534 g/mol. The number of aryl methyl sites for hydroxylation is 1. The van der Waals surface area contributed by atoms with Crippen LogP contribution in [-0.4, -0.2) is 74.1 Å². The molecule has 0 atom stereocenters. The number of nitrogens with one attached hydrogen (secondary N) is 1. The average molecular weight is 535 g/mol. The molecule has 0 bridgehead atoms. The summed E-state index contributed by atoms with van der Waals surface area (Å²) in [6.45, 7) is 3.49. The first kappa shape index (κ1) is 26.1. The van der Waals surface area contributed by atoms with E-state index in [2.05, 4.69) is 5.10 Å². The van der Waals surface area contributed by atoms with Crippen LogP contribution in [0.15, 0.2) is 53.0 Å². The van der Waals surface area contributed by atoms with E-state index in [0.29, 0.717) is 61.4 Å². The number of imide groups is 1. The lowest BCUT2D eigenvalue weighted by Gasteiger charge is -2.29. The number of anilines is 1. The third-order valence-electron chi connectivity index (χ3n) is 6.91. The fourth-order valence-electron chi connectivity index (χ4n) is 4.92. The van der Waals surface area contributed by atoms with Crippen molar-refractivity contribution in [2.45, 2.75) is 13.3 Å². The van der Waals surface area contributed by atoms with Gasteiger partial charge in [0.2, 0.25) is 0 Å². The minimum atomic E-state index is -0.599. The molecule has 2 aliphatic heterocycles. The van der Waals surface area contributed by atoms with Crippen LogP contribution in [0.25, 0.3) is 11.3 Å². The lowest BCUT2D eigenvalue weighted by molar-refractivity contribution is -0.121. The zero-order valence-corrected chi connectivity index (χ0v) is 22.3. The van der Waals surface area contributed by atoms with Crippen LogP contribution in [0.1, 0.15) is 18.2 Å². The average Bonchev–Trinajstić information content (AvgIpc) is 3.44. The summed E-state index contributed by atoms with van der Waals surface area (Å²) in [5, 5.41) is 3.14. The number of morpholine rings is 1. The Morgan fingerprint density at radius 2 is 1.54 bits per heavy atom. The first-order valence-corrected chi connectivity index (χ1v) is 12.6. The quantitative estimate of drug-likeness (QED) is 0.438. The Labute approximate surface area is 225 Å². The molecule has 204 valence electrons. The van der Waals surface area contributed by atoms with E-state index in [1.165, 1.54) is 18.9 Å². The van der Waals surface area contributed by atoms with Crippen molar-refractivity contribution in [1.82, 2.24) is 14.7 Å². The Bertz CT molecular complexity index is 1500. The van der Waals surface area contributed by atoms with E-state index >= 15 is 0 Å². The molecule has 2 amide bonds. The van der Waals surface area contributed by atoms with E-state index in [4.69, 9.17) is 18.9 Å². The van der Waals surface area contributed by atoms with Gasteiger partial charge in [-0.25, -0.2) is 9.58 Å². The number of benzene rings is 2. The van der Waals surface area contributed by atoms with Crippen molar-refractivity contribution < 1.29 is 28.5 Å². The number of rotatable bonds is 8. The lowest BCUT2D eigenvalue weighted by atomic mass is 10.0. The van der Waals surface area contributed by atoms with Gasteiger partial charge < -0.3 is 23.8 Å². The number of methoxy groups -OCH3 is 3. The number of nitrogens with zero attached hydrogens (tertiary/aromatic N) is 3. The number of carbonyl (C=O) groups excluding carboxylic acids is 2. The molecule has 39 heavy (non-hydrogen) atoms. The summed E-state index contributed by atoms with van der Waals surface area (Å²) in [6, 6.07) is 11.8. The Hall–Kier alpha value is -4.51. The van der Waals surface area contributed by atoms with Gasteiger partial charge in [0.05, 0.1) is 57.1 Å². The van der Waals surface area contributed by atoms with Crippen LogP contribution >= 0.6 is 0 Å². The minimum Gasteiger partial charge on any atom is -0.497 e. The van der Waals surface area contributed by atoms with E-state index in [9.17, 15) is 14.4 Å². The summed E-state index contributed by atoms with van der Waals surface area (Å²) in [4.78, 5) is 45.0. The highest BCUT2D eigenvalue weighted by Gasteiger charge is 2.46. The van der Waals surface area contributed by atoms with E-state index in [-0.39, 0.29) is 22.5 Å². The van der Waals surface area contributed by atoms with Crippen LogP contribution in [0.2, 0.25) is 0 Å². The number of hydrogen-bond acceptors (Lipinski definition) is 8. The van der Waals surface area contributed by atoms with Crippen molar-refractivity contribution in [1.29, 1.82) is 0 Å². The number of carbonyl (C=O) groups is 2. The van der Waals surface area contributed by atoms with E-state index in [1.807, 2.05) is 11.8 Å². The molecule has 0 spiro atoms. The van der Waals surface area contributed by atoms with E-state index in [1.54, 1.807) is 49.6 Å². The number of hydrogen-bond donors (Lipinski definition) is 1. The van der Waals surface area contributed by atoms with Crippen molar-refractivity contribution in [2.75, 3.05) is 52.5 Å². The van der Waals surface area contributed by atoms with Crippen molar-refractivity contribution in [3.05, 3.63) is 69.8 Å². The SMILES string of the molecule is CCc1[nH]n(-c2ccc(OC)cc2)c(=O)c1C1=C(N2CCOCC2)C(=O)N(c2ccc(OC)cc2OC)C1=O. The topological polar surface area (TPSA) is 115 Å². The Morgan fingerprint density at radius 3 is 2.15 bits per heavy atom. The van der Waals surface area contributed by atoms with Gasteiger partial charge in [0.15, 0.2) is 0 Å². The third-order valence-corrected chi connectivity index (χ3v) is 6.91. The molecule has 2 aliphatic rings. The Morgan fingerprint density at radius 1 is 0.872 bits per heavy atom. The lowest BCUT2D eigenvalue weighted by Crippen LogP contribution is -2.40. The van der Waals surface area contributed by atoms with Crippen LogP contribution < -0.4 is 24.7 Å². The van der Waals surface area contributed by atoms with Gasteiger partial charge in [-0.3, -0.25) is 19.5 Å². The highest BCUT2D eigenvalue weighted by Crippen LogP contribution is 2.40. The molecule has 1 N–H and O–H groups in total. The molecule has 0 saturated carbocycles.